The molecule has 6 nitrogen and oxygen atoms in total. The molecular formula is C17H21F3N2O4. The predicted molar refractivity (Wildman–Crippen MR) is 86.9 cm³/mol. The van der Waals surface area contributed by atoms with Gasteiger partial charge in [0.05, 0.1) is 18.6 Å². The predicted octanol–water partition coefficient (Wildman–Crippen LogP) is 2.98. The second kappa shape index (κ2) is 8.77. The Balaban J connectivity index is 1.78. The first-order valence-corrected chi connectivity index (χ1v) is 8.31. The van der Waals surface area contributed by atoms with Crippen LogP contribution in [-0.4, -0.2) is 48.2 Å². The standard InChI is InChI=1S/C17H21F3N2O4/c18-17(19,20)13-3-1-2-4-14(13)26-11-12-6-9-22(10-7-12)16(25)21-8-5-15(23)24/h1-4,12H,5-11H2,(H,21,25)(H,23,24). The van der Waals surface area contributed by atoms with E-state index in [0.29, 0.717) is 25.9 Å². The third-order valence-electron chi connectivity index (χ3n) is 4.18. The quantitative estimate of drug-likeness (QED) is 0.802. The zero-order chi connectivity index (χ0) is 19.2. The average molecular weight is 374 g/mol. The van der Waals surface area contributed by atoms with Crippen LogP contribution in [0.3, 0.4) is 0 Å². The van der Waals surface area contributed by atoms with Gasteiger partial charge in [0, 0.05) is 19.6 Å². The molecule has 0 saturated carbocycles. The maximum absolute atomic E-state index is 12.9. The van der Waals surface area contributed by atoms with Gasteiger partial charge in [-0.25, -0.2) is 4.79 Å². The number of nitrogens with zero attached hydrogens (tertiary/aromatic N) is 1. The van der Waals surface area contributed by atoms with E-state index in [1.165, 1.54) is 18.2 Å². The largest absolute Gasteiger partial charge is 0.493 e. The molecule has 1 saturated heterocycles. The van der Waals surface area contributed by atoms with Crippen LogP contribution in [0.25, 0.3) is 0 Å². The zero-order valence-electron chi connectivity index (χ0n) is 14.1. The van der Waals surface area contributed by atoms with Gasteiger partial charge in [-0.15, -0.1) is 0 Å². The highest BCUT2D eigenvalue weighted by atomic mass is 19.4. The summed E-state index contributed by atoms with van der Waals surface area (Å²) >= 11 is 0. The highest BCUT2D eigenvalue weighted by Gasteiger charge is 2.34. The van der Waals surface area contributed by atoms with E-state index in [1.807, 2.05) is 0 Å². The van der Waals surface area contributed by atoms with Gasteiger partial charge in [0.15, 0.2) is 0 Å². The van der Waals surface area contributed by atoms with Crippen LogP contribution in [0.2, 0.25) is 0 Å². The number of carbonyl (C=O) groups is 2. The summed E-state index contributed by atoms with van der Waals surface area (Å²) in [5.41, 5.74) is -0.796. The molecule has 1 heterocycles. The molecule has 0 bridgehead atoms. The minimum atomic E-state index is -4.46. The second-order valence-corrected chi connectivity index (χ2v) is 6.11. The molecule has 1 aromatic carbocycles. The molecule has 0 radical (unpaired) electrons. The minimum Gasteiger partial charge on any atom is -0.493 e. The first-order chi connectivity index (χ1) is 12.3. The number of carboxylic acids is 1. The molecule has 2 rings (SSSR count). The van der Waals surface area contributed by atoms with Gasteiger partial charge in [-0.2, -0.15) is 13.2 Å². The van der Waals surface area contributed by atoms with E-state index in [0.717, 1.165) is 6.07 Å². The molecule has 0 unspecified atom stereocenters. The normalized spacial score (nSPS) is 15.6. The van der Waals surface area contributed by atoms with Crippen molar-refractivity contribution in [2.24, 2.45) is 5.92 Å². The maximum atomic E-state index is 12.9. The summed E-state index contributed by atoms with van der Waals surface area (Å²) in [5, 5.41) is 11.1. The van der Waals surface area contributed by atoms with E-state index >= 15 is 0 Å². The second-order valence-electron chi connectivity index (χ2n) is 6.11. The van der Waals surface area contributed by atoms with Gasteiger partial charge in [0.25, 0.3) is 0 Å². The van der Waals surface area contributed by atoms with Gasteiger partial charge < -0.3 is 20.1 Å². The van der Waals surface area contributed by atoms with Crippen molar-refractivity contribution in [2.75, 3.05) is 26.2 Å². The van der Waals surface area contributed by atoms with Crippen molar-refractivity contribution in [3.63, 3.8) is 0 Å². The minimum absolute atomic E-state index is 0.0550. The van der Waals surface area contributed by atoms with E-state index in [1.54, 1.807) is 4.90 Å². The molecule has 1 aromatic rings. The lowest BCUT2D eigenvalue weighted by Crippen LogP contribution is -2.45. The number of piperidine rings is 1. The molecule has 144 valence electrons. The Kier molecular flexibility index (Phi) is 6.70. The Labute approximate surface area is 148 Å². The van der Waals surface area contributed by atoms with Crippen molar-refractivity contribution < 1.29 is 32.6 Å². The smallest absolute Gasteiger partial charge is 0.419 e. The fourth-order valence-electron chi connectivity index (χ4n) is 2.73. The van der Waals surface area contributed by atoms with Crippen LogP contribution in [0.1, 0.15) is 24.8 Å². The number of benzene rings is 1. The monoisotopic (exact) mass is 374 g/mol. The van der Waals surface area contributed by atoms with Crippen LogP contribution >= 0.6 is 0 Å². The Hall–Kier alpha value is -2.45. The number of likely N-dealkylation sites (tertiary alicyclic amines) is 1. The molecule has 9 heteroatoms. The van der Waals surface area contributed by atoms with Gasteiger partial charge in [0.1, 0.15) is 5.75 Å². The van der Waals surface area contributed by atoms with Crippen molar-refractivity contribution in [1.82, 2.24) is 10.2 Å². The number of ether oxygens (including phenoxy) is 1. The number of alkyl halides is 3. The Morgan fingerprint density at radius 2 is 1.88 bits per heavy atom. The lowest BCUT2D eigenvalue weighted by atomic mass is 9.98. The fraction of sp³-hybridized carbons (Fsp3) is 0.529. The van der Waals surface area contributed by atoms with E-state index < -0.39 is 17.7 Å². The highest BCUT2D eigenvalue weighted by molar-refractivity contribution is 5.75. The van der Waals surface area contributed by atoms with E-state index in [4.69, 9.17) is 9.84 Å². The van der Waals surface area contributed by atoms with Gasteiger partial charge in [-0.1, -0.05) is 12.1 Å². The first kappa shape index (κ1) is 19.9. The summed E-state index contributed by atoms with van der Waals surface area (Å²) in [7, 11) is 0. The van der Waals surface area contributed by atoms with Crippen molar-refractivity contribution in [2.45, 2.75) is 25.4 Å². The van der Waals surface area contributed by atoms with Crippen LogP contribution < -0.4 is 10.1 Å². The summed E-state index contributed by atoms with van der Waals surface area (Å²) in [5.74, 6) is -1.12. The molecule has 0 aliphatic carbocycles. The summed E-state index contributed by atoms with van der Waals surface area (Å²) in [6.07, 6.45) is -3.39. The van der Waals surface area contributed by atoms with E-state index in [-0.39, 0.29) is 37.3 Å². The van der Waals surface area contributed by atoms with Crippen LogP contribution in [0.5, 0.6) is 5.75 Å². The van der Waals surface area contributed by atoms with Crippen molar-refractivity contribution in [1.29, 1.82) is 0 Å². The van der Waals surface area contributed by atoms with Gasteiger partial charge in [-0.05, 0) is 30.9 Å². The molecule has 1 fully saturated rings. The van der Waals surface area contributed by atoms with Gasteiger partial charge >= 0.3 is 18.2 Å². The Morgan fingerprint density at radius 3 is 2.50 bits per heavy atom. The van der Waals surface area contributed by atoms with Crippen molar-refractivity contribution >= 4 is 12.0 Å². The molecule has 1 aliphatic heterocycles. The molecule has 2 N–H and O–H groups in total. The Bertz CT molecular complexity index is 629. The number of carbonyl (C=O) groups excluding carboxylic acids is 1. The average Bonchev–Trinajstić information content (AvgIpc) is 2.59. The van der Waals surface area contributed by atoms with Crippen LogP contribution in [0.4, 0.5) is 18.0 Å². The number of rotatable bonds is 6. The summed E-state index contributed by atoms with van der Waals surface area (Å²) in [6, 6.07) is 4.77. The number of amides is 2. The third-order valence-corrected chi connectivity index (χ3v) is 4.18. The SMILES string of the molecule is O=C(O)CCNC(=O)N1CCC(COc2ccccc2C(F)(F)F)CC1. The van der Waals surface area contributed by atoms with Gasteiger partial charge in [-0.3, -0.25) is 4.79 Å². The summed E-state index contributed by atoms with van der Waals surface area (Å²) in [6.45, 7) is 1.12. The van der Waals surface area contributed by atoms with E-state index in [2.05, 4.69) is 5.32 Å². The molecular weight excluding hydrogens is 353 g/mol. The molecule has 2 amide bonds. The topological polar surface area (TPSA) is 78.9 Å². The number of nitrogens with one attached hydrogen (secondary N) is 1. The molecule has 1 aliphatic rings. The fourth-order valence-corrected chi connectivity index (χ4v) is 2.73. The van der Waals surface area contributed by atoms with E-state index in [9.17, 15) is 22.8 Å². The summed E-state index contributed by atoms with van der Waals surface area (Å²) < 4.78 is 44.2. The number of carboxylic acid groups (broad SMARTS) is 1. The van der Waals surface area contributed by atoms with Crippen LogP contribution in [-0.2, 0) is 11.0 Å². The molecule has 0 spiro atoms. The maximum Gasteiger partial charge on any atom is 0.419 e. The number of aliphatic carboxylic acids is 1. The number of para-hydroxylation sites is 1. The van der Waals surface area contributed by atoms with Gasteiger partial charge in [0.2, 0.25) is 0 Å². The first-order valence-electron chi connectivity index (χ1n) is 8.31. The lowest BCUT2D eigenvalue weighted by molar-refractivity contribution is -0.139. The third kappa shape index (κ3) is 5.82. The number of hydrogen-bond acceptors (Lipinski definition) is 3. The Morgan fingerprint density at radius 1 is 1.23 bits per heavy atom. The lowest BCUT2D eigenvalue weighted by Gasteiger charge is -2.32. The van der Waals surface area contributed by atoms with Crippen LogP contribution in [0, 0.1) is 5.92 Å². The molecule has 26 heavy (non-hydrogen) atoms. The number of urea groups is 1. The van der Waals surface area contributed by atoms with Crippen molar-refractivity contribution in [3.05, 3.63) is 29.8 Å². The number of halogens is 3. The van der Waals surface area contributed by atoms with Crippen LogP contribution in [0.15, 0.2) is 24.3 Å². The molecule has 0 atom stereocenters. The summed E-state index contributed by atoms with van der Waals surface area (Å²) in [4.78, 5) is 23.9. The number of hydrogen-bond donors (Lipinski definition) is 2. The zero-order valence-corrected chi connectivity index (χ0v) is 14.1. The molecule has 0 aromatic heterocycles. The highest BCUT2D eigenvalue weighted by Crippen LogP contribution is 2.36. The van der Waals surface area contributed by atoms with Crippen molar-refractivity contribution in [3.8, 4) is 5.75 Å².